The summed E-state index contributed by atoms with van der Waals surface area (Å²) in [5.74, 6) is -1.69. The minimum absolute atomic E-state index is 0.1000. The molecule has 1 heterocycles. The number of sulfonamides is 1. The lowest BCUT2D eigenvalue weighted by Crippen LogP contribution is -2.35. The van der Waals surface area contributed by atoms with Gasteiger partial charge >= 0.3 is 5.97 Å². The first-order valence-electron chi connectivity index (χ1n) is 8.27. The Morgan fingerprint density at radius 3 is 2.24 bits per heavy atom. The predicted molar refractivity (Wildman–Crippen MR) is 109 cm³/mol. The van der Waals surface area contributed by atoms with E-state index in [-0.39, 0.29) is 22.9 Å². The predicted octanol–water partition coefficient (Wildman–Crippen LogP) is 2.51. The summed E-state index contributed by atoms with van der Waals surface area (Å²) in [6, 6.07) is 11.5. The molecule has 152 valence electrons. The standard InChI is InChI=1S/C18H15ClN2O6S2/c19-12-3-5-13(6-4-12)21(10-16(22)23)29(26,27)14-7-1-11(2-8-14)9-15-17(24)20-18(25)28-15/h1-8,15H,9-10H2,(H,22,23)(H,20,24,25). The largest absolute Gasteiger partial charge is 0.480 e. The molecule has 1 unspecified atom stereocenters. The van der Waals surface area contributed by atoms with Crippen molar-refractivity contribution in [2.24, 2.45) is 0 Å². The molecule has 2 aromatic carbocycles. The number of carboxylic acid groups (broad SMARTS) is 1. The lowest BCUT2D eigenvalue weighted by atomic mass is 10.1. The van der Waals surface area contributed by atoms with E-state index < -0.39 is 33.0 Å². The summed E-state index contributed by atoms with van der Waals surface area (Å²) in [5.41, 5.74) is 0.834. The number of benzene rings is 2. The molecule has 1 aliphatic heterocycles. The zero-order valence-corrected chi connectivity index (χ0v) is 17.1. The Bertz CT molecular complexity index is 1050. The third kappa shape index (κ3) is 4.89. The number of rotatable bonds is 7. The molecule has 8 nitrogen and oxygen atoms in total. The highest BCUT2D eigenvalue weighted by molar-refractivity contribution is 8.15. The van der Waals surface area contributed by atoms with Crippen LogP contribution in [0.1, 0.15) is 5.56 Å². The number of nitrogens with zero attached hydrogens (tertiary/aromatic N) is 1. The zero-order chi connectivity index (χ0) is 21.2. The fourth-order valence-electron chi connectivity index (χ4n) is 2.71. The minimum Gasteiger partial charge on any atom is -0.480 e. The lowest BCUT2D eigenvalue weighted by molar-refractivity contribution is -0.135. The number of carbonyl (C=O) groups is 3. The SMILES string of the molecule is O=C(O)CN(c1ccc(Cl)cc1)S(=O)(=O)c1ccc(CC2SC(=O)NC2=O)cc1. The minimum atomic E-state index is -4.15. The van der Waals surface area contributed by atoms with E-state index >= 15 is 0 Å². The Balaban J connectivity index is 1.86. The molecule has 29 heavy (non-hydrogen) atoms. The van der Waals surface area contributed by atoms with Crippen LogP contribution in [0.3, 0.4) is 0 Å². The van der Waals surface area contributed by atoms with E-state index in [2.05, 4.69) is 5.32 Å². The number of thioether (sulfide) groups is 1. The van der Waals surface area contributed by atoms with Gasteiger partial charge in [-0.1, -0.05) is 35.5 Å². The summed E-state index contributed by atoms with van der Waals surface area (Å²) in [7, 11) is -4.15. The van der Waals surface area contributed by atoms with E-state index in [1.165, 1.54) is 48.5 Å². The highest BCUT2D eigenvalue weighted by atomic mass is 35.5. The highest BCUT2D eigenvalue weighted by Gasteiger charge is 2.32. The third-order valence-corrected chi connectivity index (χ3v) is 7.11. The molecule has 1 aliphatic rings. The van der Waals surface area contributed by atoms with Crippen molar-refractivity contribution in [2.45, 2.75) is 16.6 Å². The van der Waals surface area contributed by atoms with Crippen molar-refractivity contribution in [3.63, 3.8) is 0 Å². The van der Waals surface area contributed by atoms with Crippen molar-refractivity contribution in [3.8, 4) is 0 Å². The van der Waals surface area contributed by atoms with Crippen LogP contribution >= 0.6 is 23.4 Å². The number of hydrogen-bond donors (Lipinski definition) is 2. The van der Waals surface area contributed by atoms with E-state index in [1.807, 2.05) is 0 Å². The van der Waals surface area contributed by atoms with Gasteiger partial charge in [0.1, 0.15) is 6.54 Å². The van der Waals surface area contributed by atoms with Gasteiger partial charge in [-0.2, -0.15) is 0 Å². The number of imide groups is 1. The second-order valence-electron chi connectivity index (χ2n) is 6.11. The second-order valence-corrected chi connectivity index (χ2v) is 9.59. The number of nitrogens with one attached hydrogen (secondary N) is 1. The zero-order valence-electron chi connectivity index (χ0n) is 14.7. The fourth-order valence-corrected chi connectivity index (χ4v) is 5.11. The maximum Gasteiger partial charge on any atom is 0.324 e. The number of hydrogen-bond acceptors (Lipinski definition) is 6. The first-order valence-corrected chi connectivity index (χ1v) is 11.0. The molecule has 0 aromatic heterocycles. The normalized spacial score (nSPS) is 16.5. The summed E-state index contributed by atoms with van der Waals surface area (Å²) in [6.07, 6.45) is 0.262. The van der Waals surface area contributed by atoms with Crippen LogP contribution in [0.15, 0.2) is 53.4 Å². The first-order chi connectivity index (χ1) is 13.7. The average Bonchev–Trinajstić information content (AvgIpc) is 2.98. The molecule has 3 rings (SSSR count). The van der Waals surface area contributed by atoms with E-state index in [0.717, 1.165) is 16.1 Å². The van der Waals surface area contributed by atoms with Crippen LogP contribution in [-0.2, 0) is 26.0 Å². The molecule has 0 bridgehead atoms. The Kier molecular flexibility index (Phi) is 6.15. The van der Waals surface area contributed by atoms with Crippen molar-refractivity contribution in [1.82, 2.24) is 5.32 Å². The van der Waals surface area contributed by atoms with Gasteiger partial charge in [0.25, 0.3) is 15.3 Å². The smallest absolute Gasteiger partial charge is 0.324 e. The van der Waals surface area contributed by atoms with Crippen molar-refractivity contribution < 1.29 is 27.9 Å². The van der Waals surface area contributed by atoms with E-state index in [4.69, 9.17) is 16.7 Å². The molecular formula is C18H15ClN2O6S2. The molecule has 2 aromatic rings. The molecule has 0 aliphatic carbocycles. The summed E-state index contributed by atoms with van der Waals surface area (Å²) < 4.78 is 26.8. The van der Waals surface area contributed by atoms with E-state index in [9.17, 15) is 22.8 Å². The molecule has 1 fully saturated rings. The molecule has 2 amide bonds. The van der Waals surface area contributed by atoms with Gasteiger partial charge in [-0.15, -0.1) is 0 Å². The van der Waals surface area contributed by atoms with Gasteiger partial charge in [-0.25, -0.2) is 8.42 Å². The number of carbonyl (C=O) groups excluding carboxylic acids is 2. The molecular weight excluding hydrogens is 440 g/mol. The topological polar surface area (TPSA) is 121 Å². The molecule has 11 heteroatoms. The number of carboxylic acids is 1. The van der Waals surface area contributed by atoms with E-state index in [0.29, 0.717) is 10.6 Å². The third-order valence-electron chi connectivity index (χ3n) is 4.09. The van der Waals surface area contributed by atoms with Gasteiger partial charge in [0.2, 0.25) is 5.91 Å². The van der Waals surface area contributed by atoms with Gasteiger partial charge in [0, 0.05) is 5.02 Å². The van der Waals surface area contributed by atoms with Crippen LogP contribution in [0, 0.1) is 0 Å². The number of anilines is 1. The second kappa shape index (κ2) is 8.44. The summed E-state index contributed by atoms with van der Waals surface area (Å²) in [5, 5.41) is 10.8. The first kappa shape index (κ1) is 21.2. The lowest BCUT2D eigenvalue weighted by Gasteiger charge is -2.23. The Morgan fingerprint density at radius 1 is 1.10 bits per heavy atom. The molecule has 0 saturated carbocycles. The maximum absolute atomic E-state index is 13.0. The number of amides is 2. The van der Waals surface area contributed by atoms with Crippen molar-refractivity contribution in [2.75, 3.05) is 10.8 Å². The number of aliphatic carboxylic acids is 1. The fraction of sp³-hybridized carbons (Fsp3) is 0.167. The Morgan fingerprint density at radius 2 is 1.72 bits per heavy atom. The van der Waals surface area contributed by atoms with Gasteiger partial charge in [-0.3, -0.25) is 24.0 Å². The van der Waals surface area contributed by atoms with E-state index in [1.54, 1.807) is 0 Å². The van der Waals surface area contributed by atoms with Crippen LogP contribution in [0.5, 0.6) is 0 Å². The van der Waals surface area contributed by atoms with Crippen molar-refractivity contribution in [1.29, 1.82) is 0 Å². The molecule has 2 N–H and O–H groups in total. The van der Waals surface area contributed by atoms with Crippen LogP contribution in [-0.4, -0.2) is 42.4 Å². The molecule has 0 radical (unpaired) electrons. The summed E-state index contributed by atoms with van der Waals surface area (Å²) in [6.45, 7) is -0.757. The quantitative estimate of drug-likeness (QED) is 0.659. The van der Waals surface area contributed by atoms with Crippen LogP contribution in [0.25, 0.3) is 0 Å². The Labute approximate surface area is 175 Å². The molecule has 0 spiro atoms. The Hall–Kier alpha value is -2.56. The van der Waals surface area contributed by atoms with Crippen molar-refractivity contribution >= 4 is 56.2 Å². The van der Waals surface area contributed by atoms with Gasteiger partial charge in [-0.05, 0) is 48.4 Å². The number of halogens is 1. The average molecular weight is 455 g/mol. The summed E-state index contributed by atoms with van der Waals surface area (Å²) in [4.78, 5) is 34.0. The molecule has 1 atom stereocenters. The van der Waals surface area contributed by atoms with Crippen LogP contribution in [0.4, 0.5) is 10.5 Å². The van der Waals surface area contributed by atoms with Crippen LogP contribution < -0.4 is 9.62 Å². The molecule has 1 saturated heterocycles. The van der Waals surface area contributed by atoms with Gasteiger partial charge < -0.3 is 5.11 Å². The monoisotopic (exact) mass is 454 g/mol. The van der Waals surface area contributed by atoms with Crippen LogP contribution in [0.2, 0.25) is 5.02 Å². The highest BCUT2D eigenvalue weighted by Crippen LogP contribution is 2.27. The van der Waals surface area contributed by atoms with Gasteiger partial charge in [0.05, 0.1) is 15.8 Å². The van der Waals surface area contributed by atoms with Crippen molar-refractivity contribution in [3.05, 3.63) is 59.1 Å². The van der Waals surface area contributed by atoms with Gasteiger partial charge in [0.15, 0.2) is 0 Å². The summed E-state index contributed by atoms with van der Waals surface area (Å²) >= 11 is 6.71. The maximum atomic E-state index is 13.0.